The Morgan fingerprint density at radius 3 is 2.60 bits per heavy atom. The maximum Gasteiger partial charge on any atom is 0.416 e. The molecular formula is C20H17ClF5N3O. The summed E-state index contributed by atoms with van der Waals surface area (Å²) in [5.41, 5.74) is -0.955. The van der Waals surface area contributed by atoms with Crippen molar-refractivity contribution in [1.82, 2.24) is 4.98 Å². The van der Waals surface area contributed by atoms with Gasteiger partial charge in [-0.3, -0.25) is 4.79 Å². The predicted molar refractivity (Wildman–Crippen MR) is 101 cm³/mol. The fourth-order valence-electron chi connectivity index (χ4n) is 4.43. The Bertz CT molecular complexity index is 1010. The standard InChI is InChI=1S/C20H17ClF5N3O/c1-9-4-11(20(24,25)26)6-17(27-9)29-12-3-2-10(5-12)18(29)19(30)28-16-7-13(21)14(22)8-15(16)23/h4,6-8,10,12,18H,2-3,5H2,1H3,(H,28,30)/t10-,12+,18-/m0/s1. The fraction of sp³-hybridized carbons (Fsp3) is 0.400. The van der Waals surface area contributed by atoms with Gasteiger partial charge in [0.25, 0.3) is 0 Å². The van der Waals surface area contributed by atoms with Gasteiger partial charge in [-0.05, 0) is 50.3 Å². The first-order chi connectivity index (χ1) is 14.0. The largest absolute Gasteiger partial charge is 0.416 e. The Kier molecular flexibility index (Phi) is 5.12. The molecule has 4 rings (SSSR count). The van der Waals surface area contributed by atoms with Gasteiger partial charge in [-0.1, -0.05) is 11.6 Å². The second kappa shape index (κ2) is 7.37. The summed E-state index contributed by atoms with van der Waals surface area (Å²) in [6.45, 7) is 1.46. The van der Waals surface area contributed by atoms with Gasteiger partial charge in [0.2, 0.25) is 5.91 Å². The third kappa shape index (κ3) is 3.71. The molecule has 3 atom stereocenters. The Labute approximate surface area is 174 Å². The highest BCUT2D eigenvalue weighted by Crippen LogP contribution is 2.45. The number of fused-ring (bicyclic) bond motifs is 2. The molecule has 1 aliphatic heterocycles. The van der Waals surface area contributed by atoms with Crippen molar-refractivity contribution in [3.8, 4) is 0 Å². The smallest absolute Gasteiger partial charge is 0.341 e. The van der Waals surface area contributed by atoms with Crippen molar-refractivity contribution in [3.63, 3.8) is 0 Å². The maximum absolute atomic E-state index is 14.1. The van der Waals surface area contributed by atoms with Gasteiger partial charge in [-0.2, -0.15) is 13.2 Å². The average Bonchev–Trinajstić information content (AvgIpc) is 3.26. The third-order valence-electron chi connectivity index (χ3n) is 5.65. The van der Waals surface area contributed by atoms with E-state index in [1.807, 2.05) is 0 Å². The Balaban J connectivity index is 1.67. The van der Waals surface area contributed by atoms with Gasteiger partial charge in [-0.25, -0.2) is 13.8 Å². The van der Waals surface area contributed by atoms with Crippen molar-refractivity contribution in [1.29, 1.82) is 0 Å². The molecule has 2 heterocycles. The Hall–Kier alpha value is -2.42. The van der Waals surface area contributed by atoms with Crippen LogP contribution in [0.25, 0.3) is 0 Å². The summed E-state index contributed by atoms with van der Waals surface area (Å²) < 4.78 is 67.3. The van der Waals surface area contributed by atoms with Gasteiger partial charge in [-0.15, -0.1) is 0 Å². The molecule has 30 heavy (non-hydrogen) atoms. The SMILES string of the molecule is Cc1cc(C(F)(F)F)cc(N2[C@@H]3CC[C@@H](C3)[C@H]2C(=O)Nc2cc(Cl)c(F)cc2F)n1. The molecule has 1 saturated carbocycles. The number of hydrogen-bond donors (Lipinski definition) is 1. The minimum absolute atomic E-state index is 0.0623. The number of anilines is 2. The number of carbonyl (C=O) groups is 1. The quantitative estimate of drug-likeness (QED) is 0.512. The van der Waals surface area contributed by atoms with Crippen molar-refractivity contribution < 1.29 is 26.7 Å². The van der Waals surface area contributed by atoms with Crippen LogP contribution in [0.3, 0.4) is 0 Å². The van der Waals surface area contributed by atoms with Crippen molar-refractivity contribution in [2.75, 3.05) is 10.2 Å². The summed E-state index contributed by atoms with van der Waals surface area (Å²) in [5.74, 6) is -2.59. The lowest BCUT2D eigenvalue weighted by Crippen LogP contribution is -2.49. The average molecular weight is 446 g/mol. The summed E-state index contributed by atoms with van der Waals surface area (Å²) in [6, 6.07) is 2.46. The maximum atomic E-state index is 14.1. The number of benzene rings is 1. The second-order valence-corrected chi connectivity index (χ2v) is 8.07. The van der Waals surface area contributed by atoms with Crippen LogP contribution in [-0.4, -0.2) is 23.0 Å². The van der Waals surface area contributed by atoms with Crippen LogP contribution >= 0.6 is 11.6 Å². The van der Waals surface area contributed by atoms with Crippen LogP contribution in [0, 0.1) is 24.5 Å². The minimum atomic E-state index is -4.55. The van der Waals surface area contributed by atoms with E-state index in [-0.39, 0.29) is 34.2 Å². The van der Waals surface area contributed by atoms with Crippen LogP contribution < -0.4 is 10.2 Å². The van der Waals surface area contributed by atoms with E-state index in [1.54, 1.807) is 4.90 Å². The predicted octanol–water partition coefficient (Wildman–Crippen LogP) is 5.34. The molecule has 0 spiro atoms. The van der Waals surface area contributed by atoms with E-state index in [2.05, 4.69) is 10.3 Å². The first-order valence-electron chi connectivity index (χ1n) is 9.34. The summed E-state index contributed by atoms with van der Waals surface area (Å²) >= 11 is 5.67. The van der Waals surface area contributed by atoms with Crippen molar-refractivity contribution in [2.24, 2.45) is 5.92 Å². The molecule has 1 aromatic heterocycles. The molecule has 10 heteroatoms. The summed E-state index contributed by atoms with van der Waals surface area (Å²) in [5, 5.41) is 2.05. The second-order valence-electron chi connectivity index (χ2n) is 7.67. The molecule has 1 amide bonds. The van der Waals surface area contributed by atoms with Crippen LogP contribution in [0.2, 0.25) is 5.02 Å². The number of hydrogen-bond acceptors (Lipinski definition) is 3. The van der Waals surface area contributed by atoms with Crippen molar-refractivity contribution >= 4 is 29.0 Å². The molecular weight excluding hydrogens is 429 g/mol. The van der Waals surface area contributed by atoms with E-state index in [9.17, 15) is 26.7 Å². The number of alkyl halides is 3. The molecule has 1 N–H and O–H groups in total. The molecule has 2 fully saturated rings. The summed E-state index contributed by atoms with van der Waals surface area (Å²) in [4.78, 5) is 18.8. The van der Waals surface area contributed by atoms with Crippen LogP contribution in [0.4, 0.5) is 33.5 Å². The normalized spacial score (nSPS) is 23.2. The first kappa shape index (κ1) is 20.8. The first-order valence-corrected chi connectivity index (χ1v) is 9.72. The molecule has 2 aromatic rings. The lowest BCUT2D eigenvalue weighted by Gasteiger charge is -2.35. The highest BCUT2D eigenvalue weighted by molar-refractivity contribution is 6.31. The van der Waals surface area contributed by atoms with E-state index in [0.29, 0.717) is 12.5 Å². The number of aryl methyl sites for hydroxylation is 1. The van der Waals surface area contributed by atoms with Crippen LogP contribution in [0.15, 0.2) is 24.3 Å². The number of halogens is 6. The lowest BCUT2D eigenvalue weighted by atomic mass is 9.97. The molecule has 1 saturated heterocycles. The number of aromatic nitrogens is 1. The Morgan fingerprint density at radius 1 is 1.17 bits per heavy atom. The van der Waals surface area contributed by atoms with Crippen LogP contribution in [-0.2, 0) is 11.0 Å². The van der Waals surface area contributed by atoms with Gasteiger partial charge in [0.1, 0.15) is 23.5 Å². The van der Waals surface area contributed by atoms with E-state index < -0.39 is 35.3 Å². The van der Waals surface area contributed by atoms with Gasteiger partial charge < -0.3 is 10.2 Å². The molecule has 1 aliphatic carbocycles. The molecule has 1 aromatic carbocycles. The monoisotopic (exact) mass is 445 g/mol. The molecule has 0 unspecified atom stereocenters. The zero-order valence-corrected chi connectivity index (χ0v) is 16.5. The van der Waals surface area contributed by atoms with Crippen LogP contribution in [0.1, 0.15) is 30.5 Å². The van der Waals surface area contributed by atoms with Crippen molar-refractivity contribution in [2.45, 2.75) is 44.4 Å². The number of carbonyl (C=O) groups excluding carboxylic acids is 1. The number of amides is 1. The zero-order chi connectivity index (χ0) is 21.8. The number of nitrogens with one attached hydrogen (secondary N) is 1. The minimum Gasteiger partial charge on any atom is -0.341 e. The summed E-state index contributed by atoms with van der Waals surface area (Å²) in [7, 11) is 0. The fourth-order valence-corrected chi connectivity index (χ4v) is 4.59. The molecule has 4 nitrogen and oxygen atoms in total. The molecule has 2 aliphatic rings. The Morgan fingerprint density at radius 2 is 1.90 bits per heavy atom. The van der Waals surface area contributed by atoms with E-state index in [0.717, 1.165) is 31.0 Å². The van der Waals surface area contributed by atoms with Gasteiger partial charge >= 0.3 is 6.18 Å². The van der Waals surface area contributed by atoms with Gasteiger partial charge in [0.05, 0.1) is 16.3 Å². The highest BCUT2D eigenvalue weighted by Gasteiger charge is 2.50. The summed E-state index contributed by atoms with van der Waals surface area (Å²) in [6.07, 6.45) is -2.47. The number of rotatable bonds is 3. The number of pyridine rings is 1. The third-order valence-corrected chi connectivity index (χ3v) is 5.94. The molecule has 160 valence electrons. The molecule has 2 bridgehead atoms. The number of nitrogens with zero attached hydrogens (tertiary/aromatic N) is 2. The molecule has 0 radical (unpaired) electrons. The van der Waals surface area contributed by atoms with Crippen LogP contribution in [0.5, 0.6) is 0 Å². The van der Waals surface area contributed by atoms with Crippen molar-refractivity contribution in [3.05, 3.63) is 52.2 Å². The van der Waals surface area contributed by atoms with Gasteiger partial charge in [0.15, 0.2) is 0 Å². The number of piperidine rings is 1. The van der Waals surface area contributed by atoms with E-state index >= 15 is 0 Å². The zero-order valence-electron chi connectivity index (χ0n) is 15.7. The lowest BCUT2D eigenvalue weighted by molar-refractivity contribution is -0.137. The highest BCUT2D eigenvalue weighted by atomic mass is 35.5. The van der Waals surface area contributed by atoms with E-state index in [4.69, 9.17) is 11.6 Å². The van der Waals surface area contributed by atoms with E-state index in [1.165, 1.54) is 6.92 Å². The topological polar surface area (TPSA) is 45.2 Å². The van der Waals surface area contributed by atoms with Gasteiger partial charge in [0, 0.05) is 17.8 Å².